The van der Waals surface area contributed by atoms with Gasteiger partial charge in [0.1, 0.15) is 30.0 Å². The molecule has 5 rings (SSSR count). The van der Waals surface area contributed by atoms with E-state index in [4.69, 9.17) is 23.7 Å². The van der Waals surface area contributed by atoms with E-state index in [-0.39, 0.29) is 18.8 Å². The molecule has 0 saturated carbocycles. The summed E-state index contributed by atoms with van der Waals surface area (Å²) in [5.41, 5.74) is 1.77. The lowest BCUT2D eigenvalue weighted by atomic mass is 9.88. The van der Waals surface area contributed by atoms with Crippen LogP contribution in [0.2, 0.25) is 0 Å². The van der Waals surface area contributed by atoms with Crippen LogP contribution in [0.1, 0.15) is 25.0 Å². The molecule has 0 spiro atoms. The van der Waals surface area contributed by atoms with Crippen molar-refractivity contribution in [3.05, 3.63) is 65.7 Å². The molecular formula is C24H24O7. The van der Waals surface area contributed by atoms with Gasteiger partial charge in [-0.1, -0.05) is 48.5 Å². The van der Waals surface area contributed by atoms with Gasteiger partial charge in [-0.3, -0.25) is 9.59 Å². The van der Waals surface area contributed by atoms with Crippen molar-refractivity contribution in [2.24, 2.45) is 5.92 Å². The zero-order chi connectivity index (χ0) is 21.6. The van der Waals surface area contributed by atoms with Crippen LogP contribution in [-0.2, 0) is 41.6 Å². The normalized spacial score (nSPS) is 31.0. The lowest BCUT2D eigenvalue weighted by Crippen LogP contribution is -2.46. The third kappa shape index (κ3) is 3.90. The van der Waals surface area contributed by atoms with Gasteiger partial charge >= 0.3 is 5.97 Å². The zero-order valence-electron chi connectivity index (χ0n) is 17.4. The predicted molar refractivity (Wildman–Crippen MR) is 108 cm³/mol. The Kier molecular flexibility index (Phi) is 5.14. The molecule has 7 nitrogen and oxygen atoms in total. The molecule has 0 aromatic heterocycles. The lowest BCUT2D eigenvalue weighted by Gasteiger charge is -2.28. The molecule has 2 aromatic rings. The molecular weight excluding hydrogens is 400 g/mol. The molecule has 3 heterocycles. The van der Waals surface area contributed by atoms with Crippen LogP contribution in [0, 0.1) is 5.92 Å². The van der Waals surface area contributed by atoms with Crippen LogP contribution in [0.15, 0.2) is 54.6 Å². The second kappa shape index (κ2) is 7.84. The van der Waals surface area contributed by atoms with Crippen molar-refractivity contribution in [2.75, 3.05) is 0 Å². The van der Waals surface area contributed by atoms with Crippen LogP contribution in [0.25, 0.3) is 0 Å². The number of esters is 1. The number of fused-ring (bicyclic) bond motifs is 2. The van der Waals surface area contributed by atoms with Crippen LogP contribution < -0.4 is 4.74 Å². The Hall–Kier alpha value is -2.58. The van der Waals surface area contributed by atoms with Crippen molar-refractivity contribution < 1.29 is 33.3 Å². The van der Waals surface area contributed by atoms with Gasteiger partial charge in [0.05, 0.1) is 6.61 Å². The SMILES string of the molecule is CC1(C)O[C@H]2O[C@H](C(=O)C3Cc4ccccc4OC3=O)[C@H](OCc3ccccc3)[C@H]2O1. The Morgan fingerprint density at radius 1 is 1.06 bits per heavy atom. The van der Waals surface area contributed by atoms with Crippen LogP contribution in [0.3, 0.4) is 0 Å². The number of benzene rings is 2. The third-order valence-corrected chi connectivity index (χ3v) is 5.79. The fourth-order valence-corrected chi connectivity index (χ4v) is 4.33. The smallest absolute Gasteiger partial charge is 0.322 e. The Balaban J connectivity index is 1.37. The Bertz CT molecular complexity index is 986. The zero-order valence-corrected chi connectivity index (χ0v) is 17.4. The Morgan fingerprint density at radius 3 is 2.61 bits per heavy atom. The lowest BCUT2D eigenvalue weighted by molar-refractivity contribution is -0.219. The third-order valence-electron chi connectivity index (χ3n) is 5.79. The van der Waals surface area contributed by atoms with Gasteiger partial charge in [0.25, 0.3) is 0 Å². The molecule has 2 fully saturated rings. The van der Waals surface area contributed by atoms with Crippen molar-refractivity contribution in [2.45, 2.75) is 57.3 Å². The maximum absolute atomic E-state index is 13.4. The van der Waals surface area contributed by atoms with Crippen LogP contribution in [0.4, 0.5) is 0 Å². The molecule has 0 aliphatic carbocycles. The Labute approximate surface area is 180 Å². The molecule has 2 aromatic carbocycles. The molecule has 3 aliphatic heterocycles. The van der Waals surface area contributed by atoms with Gasteiger partial charge in [0.2, 0.25) is 0 Å². The molecule has 162 valence electrons. The highest BCUT2D eigenvalue weighted by Gasteiger charge is 2.58. The summed E-state index contributed by atoms with van der Waals surface area (Å²) in [6.07, 6.45) is -2.74. The minimum absolute atomic E-state index is 0.266. The Morgan fingerprint density at radius 2 is 1.81 bits per heavy atom. The number of para-hydroxylation sites is 1. The van der Waals surface area contributed by atoms with Gasteiger partial charge in [0.15, 0.2) is 17.9 Å². The monoisotopic (exact) mass is 424 g/mol. The summed E-state index contributed by atoms with van der Waals surface area (Å²) >= 11 is 0. The first-order valence-corrected chi connectivity index (χ1v) is 10.4. The topological polar surface area (TPSA) is 80.3 Å². The fourth-order valence-electron chi connectivity index (χ4n) is 4.33. The minimum atomic E-state index is -0.988. The first-order chi connectivity index (χ1) is 14.9. The molecule has 0 amide bonds. The van der Waals surface area contributed by atoms with E-state index < -0.39 is 42.3 Å². The van der Waals surface area contributed by atoms with Crippen LogP contribution >= 0.6 is 0 Å². The highest BCUT2D eigenvalue weighted by molar-refractivity contribution is 6.03. The van der Waals surface area contributed by atoms with Gasteiger partial charge < -0.3 is 23.7 Å². The number of hydrogen-bond acceptors (Lipinski definition) is 7. The average molecular weight is 424 g/mol. The van der Waals surface area contributed by atoms with Gasteiger partial charge in [-0.15, -0.1) is 0 Å². The number of carbonyl (C=O) groups excluding carboxylic acids is 2. The standard InChI is InChI=1S/C24H24O7/c1-24(2)30-21-20(27-13-14-8-4-3-5-9-14)19(29-23(21)31-24)18(25)16-12-15-10-6-7-11-17(15)28-22(16)26/h3-11,16,19-21,23H,12-13H2,1-2H3/t16?,19-,20+,21-,23-/m1/s1. The maximum atomic E-state index is 13.4. The molecule has 7 heteroatoms. The molecule has 0 N–H and O–H groups in total. The second-order valence-electron chi connectivity index (χ2n) is 8.47. The van der Waals surface area contributed by atoms with E-state index in [1.807, 2.05) is 42.5 Å². The molecule has 31 heavy (non-hydrogen) atoms. The second-order valence-corrected chi connectivity index (χ2v) is 8.47. The van der Waals surface area contributed by atoms with E-state index in [0.29, 0.717) is 5.75 Å². The predicted octanol–water partition coefficient (Wildman–Crippen LogP) is 2.80. The molecule has 5 atom stereocenters. The highest BCUT2D eigenvalue weighted by atomic mass is 16.8. The van der Waals surface area contributed by atoms with Gasteiger partial charge in [0, 0.05) is 0 Å². The molecule has 1 unspecified atom stereocenters. The van der Waals surface area contributed by atoms with E-state index in [9.17, 15) is 9.59 Å². The van der Waals surface area contributed by atoms with E-state index in [0.717, 1.165) is 11.1 Å². The van der Waals surface area contributed by atoms with Crippen molar-refractivity contribution >= 4 is 11.8 Å². The molecule has 3 aliphatic rings. The molecule has 0 radical (unpaired) electrons. The summed E-state index contributed by atoms with van der Waals surface area (Å²) in [4.78, 5) is 26.0. The fraction of sp³-hybridized carbons (Fsp3) is 0.417. The van der Waals surface area contributed by atoms with Crippen LogP contribution in [0.5, 0.6) is 5.75 Å². The summed E-state index contributed by atoms with van der Waals surface area (Å²) < 4.78 is 29.3. The first-order valence-electron chi connectivity index (χ1n) is 10.4. The number of hydrogen-bond donors (Lipinski definition) is 0. The summed E-state index contributed by atoms with van der Waals surface area (Å²) in [6, 6.07) is 16.9. The van der Waals surface area contributed by atoms with E-state index >= 15 is 0 Å². The number of ether oxygens (including phenoxy) is 5. The van der Waals surface area contributed by atoms with Gasteiger partial charge in [-0.05, 0) is 37.5 Å². The van der Waals surface area contributed by atoms with Crippen LogP contribution in [-0.4, -0.2) is 42.1 Å². The van der Waals surface area contributed by atoms with E-state index in [1.165, 1.54) is 0 Å². The van der Waals surface area contributed by atoms with Crippen molar-refractivity contribution in [1.29, 1.82) is 0 Å². The van der Waals surface area contributed by atoms with Gasteiger partial charge in [-0.25, -0.2) is 0 Å². The molecule has 0 bridgehead atoms. The maximum Gasteiger partial charge on any atom is 0.322 e. The number of Topliss-reactive ketones (excluding diaryl/α,β-unsaturated/α-hetero) is 1. The quantitative estimate of drug-likeness (QED) is 0.415. The van der Waals surface area contributed by atoms with Crippen molar-refractivity contribution in [3.63, 3.8) is 0 Å². The number of ketones is 1. The van der Waals surface area contributed by atoms with Gasteiger partial charge in [-0.2, -0.15) is 0 Å². The van der Waals surface area contributed by atoms with E-state index in [1.54, 1.807) is 26.0 Å². The summed E-state index contributed by atoms with van der Waals surface area (Å²) in [6.45, 7) is 3.86. The van der Waals surface area contributed by atoms with Crippen molar-refractivity contribution in [3.8, 4) is 5.75 Å². The summed E-state index contributed by atoms with van der Waals surface area (Å²) in [7, 11) is 0. The molecule has 2 saturated heterocycles. The number of rotatable bonds is 5. The highest BCUT2D eigenvalue weighted by Crippen LogP contribution is 2.41. The van der Waals surface area contributed by atoms with E-state index in [2.05, 4.69) is 0 Å². The summed E-state index contributed by atoms with van der Waals surface area (Å²) in [5.74, 6) is -2.27. The summed E-state index contributed by atoms with van der Waals surface area (Å²) in [5, 5.41) is 0. The largest absolute Gasteiger partial charge is 0.426 e. The number of carbonyl (C=O) groups is 2. The average Bonchev–Trinajstić information content (AvgIpc) is 3.23. The first kappa shape index (κ1) is 20.3. The van der Waals surface area contributed by atoms with Crippen molar-refractivity contribution in [1.82, 2.24) is 0 Å². The minimum Gasteiger partial charge on any atom is -0.426 e.